The minimum atomic E-state index is -5.05. The third-order valence-corrected chi connectivity index (χ3v) is 15.9. The van der Waals surface area contributed by atoms with Gasteiger partial charge in [0.1, 0.15) is 12.6 Å². The van der Waals surface area contributed by atoms with Crippen molar-refractivity contribution >= 4 is 76.0 Å². The molecule has 5 aliphatic rings. The van der Waals surface area contributed by atoms with Crippen molar-refractivity contribution in [1.29, 1.82) is 0 Å². The number of hydrogen-bond acceptors (Lipinski definition) is 12. The first-order chi connectivity index (χ1) is 29.7. The number of hydrogen-bond donors (Lipinski definition) is 7. The van der Waals surface area contributed by atoms with E-state index >= 15 is 0 Å². The molecule has 20 heteroatoms. The molecule has 340 valence electrons. The summed E-state index contributed by atoms with van der Waals surface area (Å²) >= 11 is 4.38. The number of rotatable bonds is 16. The van der Waals surface area contributed by atoms with Gasteiger partial charge in [-0.3, -0.25) is 33.3 Å². The second kappa shape index (κ2) is 18.2. The van der Waals surface area contributed by atoms with E-state index in [-0.39, 0.29) is 48.1 Å². The average molecular weight is 977 g/mol. The van der Waals surface area contributed by atoms with Crippen LogP contribution < -0.4 is 16.0 Å². The quantitative estimate of drug-likeness (QED) is 0.0921. The van der Waals surface area contributed by atoms with Gasteiger partial charge in [0, 0.05) is 40.2 Å². The number of carboxylic acid groups (broad SMARTS) is 1. The number of alkyl halides is 1. The van der Waals surface area contributed by atoms with Gasteiger partial charge in [-0.2, -0.15) is 0 Å². The smallest absolute Gasteiger partial charge is 0.470 e. The summed E-state index contributed by atoms with van der Waals surface area (Å²) in [4.78, 5) is 96.2. The lowest BCUT2D eigenvalue weighted by Gasteiger charge is -2.59. The highest BCUT2D eigenvalue weighted by Crippen LogP contribution is 2.70. The number of thiophene rings is 1. The molecule has 0 bridgehead atoms. The van der Waals surface area contributed by atoms with Crippen molar-refractivity contribution in [1.82, 2.24) is 10.6 Å². The Kier molecular flexibility index (Phi) is 13.6. The predicted octanol–water partition coefficient (Wildman–Crippen LogP) is 4.17. The highest BCUT2D eigenvalue weighted by Gasteiger charge is 2.76. The van der Waals surface area contributed by atoms with Crippen molar-refractivity contribution < 1.29 is 67.3 Å². The largest absolute Gasteiger partial charge is 0.481 e. The third kappa shape index (κ3) is 9.31. The van der Waals surface area contributed by atoms with Crippen LogP contribution in [0.15, 0.2) is 54.1 Å². The zero-order valence-electron chi connectivity index (χ0n) is 34.8. The summed E-state index contributed by atoms with van der Waals surface area (Å²) in [6.07, 6.45) is 4.03. The van der Waals surface area contributed by atoms with E-state index in [4.69, 9.17) is 14.0 Å². The second-order valence-corrected chi connectivity index (χ2v) is 20.5. The SMILES string of the molecule is Cc1cc([C@@H]2O[C@@H]3C[C@H]4[C@@H]5CCC6=CC(=O)C=C[C@]6(C)[C@H]5[C@@H](O)C[C@]4(C)[C@]3(C(=O)COP(=O)(O)O)O2)sc1Cc1cccc(NC(=O)[C@H](CCC(=O)O)NC(=O)CNC(=O)CBr)c1. The van der Waals surface area contributed by atoms with Crippen LogP contribution in [0, 0.1) is 35.5 Å². The normalized spacial score (nSPS) is 31.2. The molecule has 3 amide bonds. The van der Waals surface area contributed by atoms with E-state index in [1.807, 2.05) is 39.0 Å². The first kappa shape index (κ1) is 47.1. The maximum absolute atomic E-state index is 14.5. The molecule has 1 aromatic heterocycles. The standard InChI is InChI=1S/C43H51BrN3O14PS/c1-22-13-32(63-31(22)15-23-5-4-6-25(14-23)46-39(55)29(9-10-37(53)54)47-36(52)20-45-35(51)19-44)40-60-34-17-28-27-8-7-24-16-26(48)11-12-41(24,2)38(27)30(49)18-42(28,3)43(34,61-40)33(50)21-59-62(56,57)58/h4-6,11-14,16,27-30,34,38,40,49H,7-10,15,17-21H2,1-3H3,(H,45,51)(H,46,55)(H,47,52)(H,53,54)(H2,56,57,58)/t27-,28-,29-,30-,34+,38+,40+,41-,42-,43+/m0/s1. The fourth-order valence-corrected chi connectivity index (χ4v) is 12.6. The second-order valence-electron chi connectivity index (χ2n) is 17.5. The number of aliphatic hydroxyl groups is 1. The molecular formula is C43H51BrN3O14PS. The number of fused-ring (bicyclic) bond motifs is 7. The number of carboxylic acids is 1. The molecule has 2 aromatic rings. The van der Waals surface area contributed by atoms with Gasteiger partial charge in [0.25, 0.3) is 0 Å². The van der Waals surface area contributed by atoms with E-state index in [1.165, 1.54) is 11.3 Å². The molecule has 2 heterocycles. The number of ether oxygens (including phenoxy) is 2. The van der Waals surface area contributed by atoms with Crippen molar-refractivity contribution in [2.75, 3.05) is 23.8 Å². The van der Waals surface area contributed by atoms with Crippen LogP contribution in [0.2, 0.25) is 0 Å². The van der Waals surface area contributed by atoms with Gasteiger partial charge in [-0.25, -0.2) is 4.57 Å². The number of aliphatic hydroxyl groups excluding tert-OH is 1. The molecule has 10 atom stereocenters. The number of Topliss-reactive ketones (excluding diaryl/α,β-unsaturated/α-hetero) is 1. The number of aryl methyl sites for hydroxylation is 1. The van der Waals surface area contributed by atoms with Gasteiger partial charge in [-0.15, -0.1) is 11.3 Å². The van der Waals surface area contributed by atoms with Gasteiger partial charge >= 0.3 is 13.8 Å². The molecule has 1 aromatic carbocycles. The molecule has 0 radical (unpaired) electrons. The zero-order valence-corrected chi connectivity index (χ0v) is 38.1. The fourth-order valence-electron chi connectivity index (χ4n) is 11.0. The van der Waals surface area contributed by atoms with E-state index < -0.39 is 91.4 Å². The van der Waals surface area contributed by atoms with E-state index in [0.717, 1.165) is 21.6 Å². The number of phosphoric ester groups is 1. The Morgan fingerprint density at radius 3 is 2.60 bits per heavy atom. The Hall–Kier alpha value is -3.91. The summed E-state index contributed by atoms with van der Waals surface area (Å²) in [5.74, 6) is -4.16. The van der Waals surface area contributed by atoms with Gasteiger partial charge in [-0.05, 0) is 92.3 Å². The maximum Gasteiger partial charge on any atom is 0.470 e. The van der Waals surface area contributed by atoms with E-state index in [1.54, 1.807) is 30.4 Å². The Labute approximate surface area is 375 Å². The molecule has 1 saturated heterocycles. The van der Waals surface area contributed by atoms with Gasteiger partial charge in [0.05, 0.1) is 29.0 Å². The van der Waals surface area contributed by atoms with Crippen molar-refractivity contribution in [2.24, 2.45) is 28.6 Å². The molecule has 1 aliphatic heterocycles. The minimum absolute atomic E-state index is 0.0218. The fraction of sp³-hybridized carbons (Fsp3) is 0.535. The number of amides is 3. The number of carbonyl (C=O) groups excluding carboxylic acids is 5. The van der Waals surface area contributed by atoms with Crippen LogP contribution in [-0.2, 0) is 53.8 Å². The van der Waals surface area contributed by atoms with Gasteiger partial charge in [0.15, 0.2) is 23.5 Å². The van der Waals surface area contributed by atoms with Crippen LogP contribution in [0.3, 0.4) is 0 Å². The van der Waals surface area contributed by atoms with Crippen molar-refractivity contribution in [2.45, 2.75) is 95.9 Å². The van der Waals surface area contributed by atoms with Crippen molar-refractivity contribution in [3.63, 3.8) is 0 Å². The Bertz CT molecular complexity index is 2310. The van der Waals surface area contributed by atoms with Crippen LogP contribution in [0.4, 0.5) is 5.69 Å². The monoisotopic (exact) mass is 975 g/mol. The molecule has 17 nitrogen and oxygen atoms in total. The third-order valence-electron chi connectivity index (χ3n) is 13.7. The van der Waals surface area contributed by atoms with Crippen molar-refractivity contribution in [3.05, 3.63) is 75.0 Å². The number of benzene rings is 1. The number of nitrogens with one attached hydrogen (secondary N) is 3. The number of halogens is 1. The minimum Gasteiger partial charge on any atom is -0.481 e. The van der Waals surface area contributed by atoms with Crippen LogP contribution in [0.1, 0.15) is 79.5 Å². The molecule has 63 heavy (non-hydrogen) atoms. The summed E-state index contributed by atoms with van der Waals surface area (Å²) in [5, 5.41) is 28.9. The first-order valence-corrected chi connectivity index (χ1v) is 24.2. The summed E-state index contributed by atoms with van der Waals surface area (Å²) < 4.78 is 30.1. The molecule has 7 rings (SSSR count). The topological polar surface area (TPSA) is 264 Å². The lowest BCUT2D eigenvalue weighted by molar-refractivity contribution is -0.200. The summed E-state index contributed by atoms with van der Waals surface area (Å²) in [6, 6.07) is 7.70. The zero-order chi connectivity index (χ0) is 45.6. The molecule has 4 fully saturated rings. The van der Waals surface area contributed by atoms with Crippen LogP contribution >= 0.6 is 35.1 Å². The van der Waals surface area contributed by atoms with E-state index in [9.17, 15) is 53.3 Å². The molecule has 3 saturated carbocycles. The Balaban J connectivity index is 1.09. The van der Waals surface area contributed by atoms with Gasteiger partial charge in [0.2, 0.25) is 17.7 Å². The number of phosphoric acid groups is 1. The number of anilines is 1. The van der Waals surface area contributed by atoms with E-state index in [0.29, 0.717) is 36.2 Å². The number of aliphatic carboxylic acids is 1. The molecule has 7 N–H and O–H groups in total. The molecule has 0 unspecified atom stereocenters. The van der Waals surface area contributed by atoms with Crippen molar-refractivity contribution in [3.8, 4) is 0 Å². The average Bonchev–Trinajstić information content (AvgIpc) is 3.86. The van der Waals surface area contributed by atoms with Crippen LogP contribution in [0.25, 0.3) is 0 Å². The maximum atomic E-state index is 14.5. The molecule has 0 spiro atoms. The van der Waals surface area contributed by atoms with Crippen LogP contribution in [-0.4, -0.2) is 97.6 Å². The Morgan fingerprint density at radius 1 is 1.13 bits per heavy atom. The highest BCUT2D eigenvalue weighted by atomic mass is 79.9. The number of ketones is 2. The van der Waals surface area contributed by atoms with Gasteiger partial charge in [-0.1, -0.05) is 53.6 Å². The van der Waals surface area contributed by atoms with E-state index in [2.05, 4.69) is 31.9 Å². The summed E-state index contributed by atoms with van der Waals surface area (Å²) in [6.45, 7) is 4.53. The first-order valence-electron chi connectivity index (χ1n) is 20.7. The number of allylic oxidation sites excluding steroid dienone is 4. The Morgan fingerprint density at radius 2 is 1.89 bits per heavy atom. The van der Waals surface area contributed by atoms with Gasteiger partial charge < -0.3 is 45.4 Å². The lowest BCUT2D eigenvalue weighted by atomic mass is 9.46. The summed E-state index contributed by atoms with van der Waals surface area (Å²) in [7, 11) is -5.05. The highest BCUT2D eigenvalue weighted by molar-refractivity contribution is 9.09. The predicted molar refractivity (Wildman–Crippen MR) is 230 cm³/mol. The lowest BCUT2D eigenvalue weighted by Crippen LogP contribution is -2.63. The molecular weight excluding hydrogens is 925 g/mol. The van der Waals surface area contributed by atoms with Crippen LogP contribution in [0.5, 0.6) is 0 Å². The summed E-state index contributed by atoms with van der Waals surface area (Å²) in [5.41, 5.74) is -0.235. The molecule has 4 aliphatic carbocycles. The number of carbonyl (C=O) groups is 6.